The average Bonchev–Trinajstić information content (AvgIpc) is 3.52. The SMILES string of the molecule is COc1ccc(NC(=O)N2CCC(c3nc4cc(Cl)ccc4o3)CC2)cc1OC[C@@H]1CCCO1. The smallest absolute Gasteiger partial charge is 0.321 e. The van der Waals surface area contributed by atoms with Crippen molar-refractivity contribution in [1.29, 1.82) is 0 Å². The molecule has 8 nitrogen and oxygen atoms in total. The Morgan fingerprint density at radius 1 is 1.18 bits per heavy atom. The van der Waals surface area contributed by atoms with E-state index in [1.807, 2.05) is 17.0 Å². The van der Waals surface area contributed by atoms with E-state index in [1.165, 1.54) is 0 Å². The number of piperidine rings is 1. The van der Waals surface area contributed by atoms with Crippen molar-refractivity contribution in [3.8, 4) is 11.5 Å². The van der Waals surface area contributed by atoms with E-state index in [9.17, 15) is 4.79 Å². The molecule has 1 aromatic heterocycles. The Hall–Kier alpha value is -2.97. The molecule has 9 heteroatoms. The second kappa shape index (κ2) is 10.1. The number of hydrogen-bond acceptors (Lipinski definition) is 6. The summed E-state index contributed by atoms with van der Waals surface area (Å²) >= 11 is 6.05. The van der Waals surface area contributed by atoms with Gasteiger partial charge in [-0.25, -0.2) is 9.78 Å². The molecule has 0 radical (unpaired) electrons. The molecule has 3 aromatic rings. The standard InChI is InChI=1S/C25H28ClN3O5/c1-31-22-7-5-18(14-23(22)33-15-19-3-2-12-32-19)27-25(30)29-10-8-16(9-11-29)24-28-20-13-17(26)4-6-21(20)34-24/h4-7,13-14,16,19H,2-3,8-12,15H2,1H3,(H,27,30)/t19-/m0/s1. The number of ether oxygens (including phenoxy) is 3. The summed E-state index contributed by atoms with van der Waals surface area (Å²) in [6, 6.07) is 10.7. The average molecular weight is 486 g/mol. The van der Waals surface area contributed by atoms with Crippen molar-refractivity contribution in [2.24, 2.45) is 0 Å². The number of likely N-dealkylation sites (tertiary alicyclic amines) is 1. The number of benzene rings is 2. The quantitative estimate of drug-likeness (QED) is 0.499. The molecule has 2 aliphatic rings. The van der Waals surface area contributed by atoms with Gasteiger partial charge >= 0.3 is 6.03 Å². The lowest BCUT2D eigenvalue weighted by Gasteiger charge is -2.30. The van der Waals surface area contributed by atoms with E-state index >= 15 is 0 Å². The third-order valence-electron chi connectivity index (χ3n) is 6.36. The summed E-state index contributed by atoms with van der Waals surface area (Å²) in [6.45, 7) is 2.48. The maximum Gasteiger partial charge on any atom is 0.321 e. The normalized spacial score (nSPS) is 18.9. The number of urea groups is 1. The maximum atomic E-state index is 12.9. The minimum Gasteiger partial charge on any atom is -0.493 e. The summed E-state index contributed by atoms with van der Waals surface area (Å²) in [7, 11) is 1.60. The fourth-order valence-electron chi connectivity index (χ4n) is 4.45. The van der Waals surface area contributed by atoms with Gasteiger partial charge in [0.05, 0.1) is 13.2 Å². The molecule has 3 heterocycles. The molecule has 1 atom stereocenters. The van der Waals surface area contributed by atoms with E-state index < -0.39 is 0 Å². The predicted octanol–water partition coefficient (Wildman–Crippen LogP) is 5.46. The van der Waals surface area contributed by atoms with E-state index in [0.717, 1.165) is 43.4 Å². The molecule has 0 spiro atoms. The van der Waals surface area contributed by atoms with Crippen LogP contribution in [0.1, 0.15) is 37.5 Å². The number of carbonyl (C=O) groups excluding carboxylic acids is 1. The molecule has 0 bridgehead atoms. The van der Waals surface area contributed by atoms with Crippen LogP contribution in [0.3, 0.4) is 0 Å². The Kier molecular flexibility index (Phi) is 6.78. The summed E-state index contributed by atoms with van der Waals surface area (Å²) in [4.78, 5) is 19.3. The number of methoxy groups -OCH3 is 1. The first-order valence-corrected chi connectivity index (χ1v) is 12.0. The summed E-state index contributed by atoms with van der Waals surface area (Å²) in [5.74, 6) is 2.09. The van der Waals surface area contributed by atoms with Gasteiger partial charge in [0.15, 0.2) is 23.0 Å². The first-order chi connectivity index (χ1) is 16.6. The number of hydrogen-bond donors (Lipinski definition) is 1. The van der Waals surface area contributed by atoms with Gasteiger partial charge in [-0.2, -0.15) is 0 Å². The molecular formula is C25H28ClN3O5. The molecule has 5 rings (SSSR count). The number of amides is 2. The predicted molar refractivity (Wildman–Crippen MR) is 129 cm³/mol. The second-order valence-corrected chi connectivity index (χ2v) is 9.10. The number of fused-ring (bicyclic) bond motifs is 1. The lowest BCUT2D eigenvalue weighted by atomic mass is 9.97. The van der Waals surface area contributed by atoms with Crippen molar-refractivity contribution >= 4 is 34.4 Å². The molecule has 0 saturated carbocycles. The van der Waals surface area contributed by atoms with Crippen LogP contribution >= 0.6 is 11.6 Å². The zero-order valence-electron chi connectivity index (χ0n) is 19.1. The Morgan fingerprint density at radius 2 is 2.03 bits per heavy atom. The van der Waals surface area contributed by atoms with Crippen LogP contribution in [0, 0.1) is 0 Å². The van der Waals surface area contributed by atoms with Crippen LogP contribution in [0.4, 0.5) is 10.5 Å². The van der Waals surface area contributed by atoms with Crippen LogP contribution in [0.2, 0.25) is 5.02 Å². The van der Waals surface area contributed by atoms with E-state index in [2.05, 4.69) is 10.3 Å². The van der Waals surface area contributed by atoms with Gasteiger partial charge in [-0.3, -0.25) is 0 Å². The van der Waals surface area contributed by atoms with Crippen LogP contribution < -0.4 is 14.8 Å². The number of nitrogens with zero attached hydrogens (tertiary/aromatic N) is 2. The zero-order valence-corrected chi connectivity index (χ0v) is 19.8. The number of aromatic nitrogens is 1. The Bertz CT molecular complexity index is 1150. The van der Waals surface area contributed by atoms with Gasteiger partial charge in [-0.05, 0) is 56.0 Å². The highest BCUT2D eigenvalue weighted by Gasteiger charge is 2.27. The molecule has 2 fully saturated rings. The van der Waals surface area contributed by atoms with Gasteiger partial charge in [0.1, 0.15) is 12.1 Å². The molecule has 0 aliphatic carbocycles. The monoisotopic (exact) mass is 485 g/mol. The molecule has 34 heavy (non-hydrogen) atoms. The number of nitrogens with one attached hydrogen (secondary N) is 1. The maximum absolute atomic E-state index is 12.9. The number of anilines is 1. The molecular weight excluding hydrogens is 458 g/mol. The van der Waals surface area contributed by atoms with Gasteiger partial charge in [-0.1, -0.05) is 11.6 Å². The minimum absolute atomic E-state index is 0.0995. The summed E-state index contributed by atoms with van der Waals surface area (Å²) in [6.07, 6.45) is 3.71. The molecule has 2 aliphatic heterocycles. The molecule has 0 unspecified atom stereocenters. The van der Waals surface area contributed by atoms with Gasteiger partial charge in [-0.15, -0.1) is 0 Å². The van der Waals surface area contributed by atoms with E-state index in [0.29, 0.717) is 47.8 Å². The lowest BCUT2D eigenvalue weighted by molar-refractivity contribution is 0.0670. The first kappa shape index (κ1) is 22.8. The molecule has 2 saturated heterocycles. The number of oxazole rings is 1. The van der Waals surface area contributed by atoms with E-state index in [4.69, 9.17) is 30.2 Å². The molecule has 180 valence electrons. The second-order valence-electron chi connectivity index (χ2n) is 8.67. The van der Waals surface area contributed by atoms with Crippen molar-refractivity contribution in [1.82, 2.24) is 9.88 Å². The Labute approximate surface area is 203 Å². The largest absolute Gasteiger partial charge is 0.493 e. The minimum atomic E-state index is -0.141. The molecule has 1 N–H and O–H groups in total. The van der Waals surface area contributed by atoms with Crippen molar-refractivity contribution in [3.05, 3.63) is 47.3 Å². The number of rotatable bonds is 6. The third kappa shape index (κ3) is 5.08. The molecule has 2 aromatic carbocycles. The van der Waals surface area contributed by atoms with Gasteiger partial charge in [0, 0.05) is 42.4 Å². The third-order valence-corrected chi connectivity index (χ3v) is 6.60. The Morgan fingerprint density at radius 3 is 2.79 bits per heavy atom. The first-order valence-electron chi connectivity index (χ1n) is 11.6. The number of halogens is 1. The molecule has 2 amide bonds. The Balaban J connectivity index is 1.18. The highest BCUT2D eigenvalue weighted by Crippen LogP contribution is 2.33. The fourth-order valence-corrected chi connectivity index (χ4v) is 4.62. The van der Waals surface area contributed by atoms with Crippen molar-refractivity contribution < 1.29 is 23.4 Å². The summed E-state index contributed by atoms with van der Waals surface area (Å²) < 4.78 is 22.9. The summed E-state index contributed by atoms with van der Waals surface area (Å²) in [5.41, 5.74) is 2.15. The van der Waals surface area contributed by atoms with Crippen LogP contribution in [-0.4, -0.2) is 55.4 Å². The van der Waals surface area contributed by atoms with Crippen LogP contribution in [0.5, 0.6) is 11.5 Å². The van der Waals surface area contributed by atoms with Crippen LogP contribution in [-0.2, 0) is 4.74 Å². The van der Waals surface area contributed by atoms with Gasteiger partial charge in [0.2, 0.25) is 0 Å². The van der Waals surface area contributed by atoms with Crippen molar-refractivity contribution in [3.63, 3.8) is 0 Å². The summed E-state index contributed by atoms with van der Waals surface area (Å²) in [5, 5.41) is 3.62. The highest BCUT2D eigenvalue weighted by atomic mass is 35.5. The fraction of sp³-hybridized carbons (Fsp3) is 0.440. The number of carbonyl (C=O) groups is 1. The lowest BCUT2D eigenvalue weighted by Crippen LogP contribution is -2.40. The van der Waals surface area contributed by atoms with Crippen LogP contribution in [0.25, 0.3) is 11.1 Å². The highest BCUT2D eigenvalue weighted by molar-refractivity contribution is 6.31. The van der Waals surface area contributed by atoms with Crippen molar-refractivity contribution in [2.75, 3.05) is 38.7 Å². The van der Waals surface area contributed by atoms with E-state index in [-0.39, 0.29) is 18.1 Å². The van der Waals surface area contributed by atoms with Crippen LogP contribution in [0.15, 0.2) is 40.8 Å². The van der Waals surface area contributed by atoms with Gasteiger partial charge < -0.3 is 28.8 Å². The van der Waals surface area contributed by atoms with E-state index in [1.54, 1.807) is 31.4 Å². The van der Waals surface area contributed by atoms with Gasteiger partial charge in [0.25, 0.3) is 0 Å². The van der Waals surface area contributed by atoms with Crippen molar-refractivity contribution in [2.45, 2.75) is 37.7 Å². The topological polar surface area (TPSA) is 86.1 Å². The zero-order chi connectivity index (χ0) is 23.5.